The number of rotatable bonds is 50. The van der Waals surface area contributed by atoms with Gasteiger partial charge < -0.3 is 24.2 Å². The molecule has 0 aliphatic heterocycles. The SMILES string of the molecule is CC/C=C\C/C=C\C/C=C\CCCCCCCC(=O)OCC(COP(=O)(O)OCC(CO)OC(=O)CCCCCCC/C=C\CCCCCC)OC(=O)CCCCCCC/C=C\CCCCCC. The molecular formula is C56H99O11P. The molecule has 0 bridgehead atoms. The van der Waals surface area contributed by atoms with Gasteiger partial charge in [0.1, 0.15) is 12.7 Å². The van der Waals surface area contributed by atoms with Crippen molar-refractivity contribution in [1.82, 2.24) is 0 Å². The van der Waals surface area contributed by atoms with E-state index in [1.807, 2.05) is 0 Å². The van der Waals surface area contributed by atoms with Crippen LogP contribution in [0.2, 0.25) is 0 Å². The van der Waals surface area contributed by atoms with E-state index in [0.717, 1.165) is 128 Å². The number of phosphoric ester groups is 1. The Hall–Kier alpha value is -2.82. The molecule has 0 heterocycles. The first-order valence-electron chi connectivity index (χ1n) is 27.2. The van der Waals surface area contributed by atoms with Gasteiger partial charge in [0.2, 0.25) is 0 Å². The van der Waals surface area contributed by atoms with Gasteiger partial charge in [-0.15, -0.1) is 0 Å². The number of esters is 3. The maximum Gasteiger partial charge on any atom is 0.472 e. The van der Waals surface area contributed by atoms with E-state index in [9.17, 15) is 28.9 Å². The highest BCUT2D eigenvalue weighted by molar-refractivity contribution is 7.47. The van der Waals surface area contributed by atoms with Gasteiger partial charge in [-0.1, -0.05) is 178 Å². The molecule has 0 aromatic rings. The summed E-state index contributed by atoms with van der Waals surface area (Å²) in [6.45, 7) is 4.46. The number of hydrogen-bond donors (Lipinski definition) is 2. The largest absolute Gasteiger partial charge is 0.472 e. The molecule has 0 amide bonds. The van der Waals surface area contributed by atoms with Gasteiger partial charge in [-0.05, 0) is 103 Å². The zero-order valence-electron chi connectivity index (χ0n) is 43.3. The minimum atomic E-state index is -4.75. The third kappa shape index (κ3) is 48.2. The predicted octanol–water partition coefficient (Wildman–Crippen LogP) is 15.6. The predicted molar refractivity (Wildman–Crippen MR) is 279 cm³/mol. The van der Waals surface area contributed by atoms with Crippen molar-refractivity contribution in [3.63, 3.8) is 0 Å². The molecule has 0 radical (unpaired) electrons. The van der Waals surface area contributed by atoms with Crippen LogP contribution in [0, 0.1) is 0 Å². The van der Waals surface area contributed by atoms with Crippen LogP contribution >= 0.6 is 7.82 Å². The Labute approximate surface area is 415 Å². The van der Waals surface area contributed by atoms with Crippen LogP contribution in [0.4, 0.5) is 0 Å². The molecule has 3 atom stereocenters. The van der Waals surface area contributed by atoms with Crippen molar-refractivity contribution in [2.75, 3.05) is 26.4 Å². The standard InChI is InChI=1S/C56H99O11P/c1-4-7-10-13-16-19-22-25-26-29-30-33-36-39-42-45-54(58)63-49-53(67-56(60)47-44-41-38-35-32-28-24-21-18-15-12-9-6-3)51-65-68(61,62)64-50-52(48-57)66-55(59)46-43-40-37-34-31-27-23-20-17-14-11-8-5-2/h7,10,16,19-21,23-26,52-53,57H,4-6,8-9,11-15,17-18,22,27-51H2,1-3H3,(H,61,62)/b10-7-,19-16-,23-20-,24-21-,26-25-. The molecule has 0 saturated carbocycles. The molecule has 0 spiro atoms. The molecular weight excluding hydrogens is 880 g/mol. The number of aliphatic hydroxyl groups excluding tert-OH is 1. The Morgan fingerprint density at radius 1 is 0.426 bits per heavy atom. The third-order valence-electron chi connectivity index (χ3n) is 11.4. The molecule has 0 aromatic heterocycles. The quantitative estimate of drug-likeness (QED) is 0.0197. The Morgan fingerprint density at radius 3 is 1.19 bits per heavy atom. The van der Waals surface area contributed by atoms with Crippen LogP contribution in [-0.2, 0) is 42.2 Å². The van der Waals surface area contributed by atoms with E-state index in [-0.39, 0.29) is 25.9 Å². The minimum Gasteiger partial charge on any atom is -0.462 e. The van der Waals surface area contributed by atoms with E-state index in [4.69, 9.17) is 23.3 Å². The maximum absolute atomic E-state index is 12.9. The number of allylic oxidation sites excluding steroid dienone is 10. The van der Waals surface area contributed by atoms with Crippen LogP contribution in [0.3, 0.4) is 0 Å². The lowest BCUT2D eigenvalue weighted by Gasteiger charge is -2.21. The van der Waals surface area contributed by atoms with Crippen LogP contribution in [-0.4, -0.2) is 66.5 Å². The smallest absolute Gasteiger partial charge is 0.462 e. The zero-order chi connectivity index (χ0) is 49.9. The Bertz CT molecular complexity index is 1370. The highest BCUT2D eigenvalue weighted by Gasteiger charge is 2.28. The van der Waals surface area contributed by atoms with Gasteiger partial charge >= 0.3 is 25.7 Å². The summed E-state index contributed by atoms with van der Waals surface area (Å²) in [4.78, 5) is 48.4. The lowest BCUT2D eigenvalue weighted by molar-refractivity contribution is -0.161. The molecule has 0 rings (SSSR count). The van der Waals surface area contributed by atoms with Crippen molar-refractivity contribution in [1.29, 1.82) is 0 Å². The van der Waals surface area contributed by atoms with Gasteiger partial charge in [-0.25, -0.2) is 4.57 Å². The van der Waals surface area contributed by atoms with Crippen LogP contribution < -0.4 is 0 Å². The summed E-state index contributed by atoms with van der Waals surface area (Å²) in [5, 5.41) is 9.78. The van der Waals surface area contributed by atoms with Gasteiger partial charge in [0.05, 0.1) is 19.8 Å². The number of carbonyl (C=O) groups is 3. The highest BCUT2D eigenvalue weighted by Crippen LogP contribution is 2.43. The average molecular weight is 979 g/mol. The summed E-state index contributed by atoms with van der Waals surface area (Å²) in [7, 11) is -4.75. The second-order valence-electron chi connectivity index (χ2n) is 18.0. The number of unbranched alkanes of at least 4 members (excludes halogenated alkanes) is 23. The lowest BCUT2D eigenvalue weighted by Crippen LogP contribution is -2.30. The fraction of sp³-hybridized carbons (Fsp3) is 0.768. The summed E-state index contributed by atoms with van der Waals surface area (Å²) in [6, 6.07) is 0. The molecule has 394 valence electrons. The monoisotopic (exact) mass is 979 g/mol. The molecule has 3 unspecified atom stereocenters. The van der Waals surface area contributed by atoms with Crippen LogP contribution in [0.25, 0.3) is 0 Å². The molecule has 0 fully saturated rings. The molecule has 0 aliphatic rings. The molecule has 0 aliphatic carbocycles. The summed E-state index contributed by atoms with van der Waals surface area (Å²) < 4.78 is 39.4. The van der Waals surface area contributed by atoms with Crippen molar-refractivity contribution in [3.05, 3.63) is 60.8 Å². The highest BCUT2D eigenvalue weighted by atomic mass is 31.2. The number of hydrogen-bond acceptors (Lipinski definition) is 10. The Morgan fingerprint density at radius 2 is 0.765 bits per heavy atom. The number of ether oxygens (including phenoxy) is 3. The lowest BCUT2D eigenvalue weighted by atomic mass is 10.1. The minimum absolute atomic E-state index is 0.152. The van der Waals surface area contributed by atoms with E-state index in [1.165, 1.54) is 51.4 Å². The zero-order valence-corrected chi connectivity index (χ0v) is 44.2. The first-order valence-corrected chi connectivity index (χ1v) is 28.7. The first-order chi connectivity index (χ1) is 33.2. The molecule has 11 nitrogen and oxygen atoms in total. The van der Waals surface area contributed by atoms with Crippen LogP contribution in [0.15, 0.2) is 60.8 Å². The molecule has 0 saturated heterocycles. The van der Waals surface area contributed by atoms with E-state index in [0.29, 0.717) is 19.3 Å². The normalized spacial score (nSPS) is 13.9. The van der Waals surface area contributed by atoms with Crippen LogP contribution in [0.5, 0.6) is 0 Å². The first kappa shape index (κ1) is 65.2. The van der Waals surface area contributed by atoms with Crippen molar-refractivity contribution in [3.8, 4) is 0 Å². The Balaban J connectivity index is 4.76. The van der Waals surface area contributed by atoms with E-state index in [2.05, 4.69) is 81.5 Å². The summed E-state index contributed by atoms with van der Waals surface area (Å²) in [6.07, 6.45) is 53.2. The maximum atomic E-state index is 12.9. The fourth-order valence-electron chi connectivity index (χ4n) is 7.24. The van der Waals surface area contributed by atoms with Gasteiger partial charge in [-0.2, -0.15) is 0 Å². The Kier molecular flexibility index (Phi) is 48.5. The fourth-order valence-corrected chi connectivity index (χ4v) is 8.03. The number of carbonyl (C=O) groups excluding carboxylic acids is 3. The van der Waals surface area contributed by atoms with Gasteiger partial charge in [-0.3, -0.25) is 23.4 Å². The summed E-state index contributed by atoms with van der Waals surface area (Å²) in [5.41, 5.74) is 0. The van der Waals surface area contributed by atoms with E-state index in [1.54, 1.807) is 0 Å². The van der Waals surface area contributed by atoms with E-state index < -0.39 is 57.8 Å². The van der Waals surface area contributed by atoms with E-state index >= 15 is 0 Å². The molecule has 68 heavy (non-hydrogen) atoms. The molecule has 2 N–H and O–H groups in total. The average Bonchev–Trinajstić information content (AvgIpc) is 3.32. The van der Waals surface area contributed by atoms with Crippen LogP contribution in [0.1, 0.15) is 239 Å². The third-order valence-corrected chi connectivity index (χ3v) is 12.3. The molecule has 12 heteroatoms. The van der Waals surface area contributed by atoms with Crippen molar-refractivity contribution < 1.29 is 52.2 Å². The number of aliphatic hydroxyl groups is 1. The van der Waals surface area contributed by atoms with Gasteiger partial charge in [0.25, 0.3) is 0 Å². The topological polar surface area (TPSA) is 155 Å². The molecule has 0 aromatic carbocycles. The second-order valence-corrected chi connectivity index (χ2v) is 19.5. The van der Waals surface area contributed by atoms with Crippen molar-refractivity contribution >= 4 is 25.7 Å². The summed E-state index contributed by atoms with van der Waals surface area (Å²) in [5.74, 6) is -1.50. The van der Waals surface area contributed by atoms with Crippen molar-refractivity contribution in [2.24, 2.45) is 0 Å². The van der Waals surface area contributed by atoms with Gasteiger partial charge in [0, 0.05) is 19.3 Å². The van der Waals surface area contributed by atoms with Gasteiger partial charge in [0.15, 0.2) is 6.10 Å². The number of phosphoric acid groups is 1. The second kappa shape index (κ2) is 50.6. The van der Waals surface area contributed by atoms with Crippen molar-refractivity contribution in [2.45, 2.75) is 251 Å². The summed E-state index contributed by atoms with van der Waals surface area (Å²) >= 11 is 0.